The van der Waals surface area contributed by atoms with Gasteiger partial charge < -0.3 is 4.90 Å². The van der Waals surface area contributed by atoms with Gasteiger partial charge in [-0.15, -0.1) is 0 Å². The van der Waals surface area contributed by atoms with Crippen LogP contribution in [0.15, 0.2) is 133 Å². The van der Waals surface area contributed by atoms with Crippen LogP contribution in [-0.4, -0.2) is 5.54 Å². The summed E-state index contributed by atoms with van der Waals surface area (Å²) in [6, 6.07) is 27.3. The van der Waals surface area contributed by atoms with Crippen molar-refractivity contribution in [1.29, 1.82) is 0 Å². The maximum Gasteiger partial charge on any atom is 0.0518 e. The molecule has 0 aromatic heterocycles. The van der Waals surface area contributed by atoms with E-state index in [4.69, 9.17) is 0 Å². The summed E-state index contributed by atoms with van der Waals surface area (Å²) >= 11 is 0. The Balaban J connectivity index is 1.60. The van der Waals surface area contributed by atoms with Crippen LogP contribution in [-0.2, 0) is 5.41 Å². The Morgan fingerprint density at radius 1 is 0.780 bits per heavy atom. The third-order valence-corrected chi connectivity index (χ3v) is 9.78. The maximum absolute atomic E-state index is 4.56. The second kappa shape index (κ2) is 10.7. The van der Waals surface area contributed by atoms with Gasteiger partial charge in [0.15, 0.2) is 0 Å². The first-order valence-electron chi connectivity index (χ1n) is 15.1. The van der Waals surface area contributed by atoms with Crippen LogP contribution in [0.4, 0.5) is 5.69 Å². The third-order valence-electron chi connectivity index (χ3n) is 9.78. The molecule has 1 heteroatoms. The van der Waals surface area contributed by atoms with E-state index in [1.165, 1.54) is 68.9 Å². The summed E-state index contributed by atoms with van der Waals surface area (Å²) in [5.74, 6) is 0. The zero-order valence-corrected chi connectivity index (χ0v) is 25.0. The minimum absolute atomic E-state index is 0.0271. The lowest BCUT2D eigenvalue weighted by atomic mass is 9.61. The SMILES string of the molecule is C=C(/C=C\C=C/C)/C(=C\C=C/C)N1c2ccc(-c3c4ccccc4cc4ccccc34)cc2C2(C)CCCCC12C. The molecule has 0 spiro atoms. The van der Waals surface area contributed by atoms with Gasteiger partial charge in [-0.05, 0) is 102 Å². The lowest BCUT2D eigenvalue weighted by Gasteiger charge is -2.51. The van der Waals surface area contributed by atoms with Crippen molar-refractivity contribution in [2.45, 2.75) is 64.3 Å². The lowest BCUT2D eigenvalue weighted by Crippen LogP contribution is -2.56. The number of fused-ring (bicyclic) bond motifs is 5. The molecule has 1 nitrogen and oxygen atoms in total. The average Bonchev–Trinajstić information content (AvgIpc) is 3.19. The van der Waals surface area contributed by atoms with Crippen LogP contribution in [0.5, 0.6) is 0 Å². The largest absolute Gasteiger partial charge is 0.334 e. The molecule has 0 bridgehead atoms. The molecule has 1 aliphatic carbocycles. The van der Waals surface area contributed by atoms with Crippen molar-refractivity contribution in [3.63, 3.8) is 0 Å². The highest BCUT2D eigenvalue weighted by atomic mass is 15.3. The fourth-order valence-corrected chi connectivity index (χ4v) is 7.47. The maximum atomic E-state index is 4.56. The van der Waals surface area contributed by atoms with Gasteiger partial charge in [-0.1, -0.05) is 117 Å². The molecular weight excluding hydrogens is 494 g/mol. The van der Waals surface area contributed by atoms with Crippen molar-refractivity contribution in [3.8, 4) is 11.1 Å². The predicted octanol–water partition coefficient (Wildman–Crippen LogP) is 11.2. The first-order chi connectivity index (χ1) is 19.9. The zero-order valence-electron chi connectivity index (χ0n) is 25.0. The fourth-order valence-electron chi connectivity index (χ4n) is 7.47. The van der Waals surface area contributed by atoms with Gasteiger partial charge in [0.05, 0.1) is 5.54 Å². The second-order valence-electron chi connectivity index (χ2n) is 12.1. The summed E-state index contributed by atoms with van der Waals surface area (Å²) < 4.78 is 0. The molecule has 1 saturated carbocycles. The summed E-state index contributed by atoms with van der Waals surface area (Å²) in [6.07, 6.45) is 19.7. The Kier molecular flexibility index (Phi) is 7.08. The second-order valence-corrected chi connectivity index (χ2v) is 12.1. The topological polar surface area (TPSA) is 3.24 Å². The van der Waals surface area contributed by atoms with Gasteiger partial charge in [-0.2, -0.15) is 0 Å². The molecule has 2 atom stereocenters. The molecular formula is C40H41N. The van der Waals surface area contributed by atoms with Crippen molar-refractivity contribution in [3.05, 3.63) is 139 Å². The molecule has 0 N–H and O–H groups in total. The first-order valence-corrected chi connectivity index (χ1v) is 15.1. The smallest absolute Gasteiger partial charge is 0.0518 e. The number of rotatable bonds is 6. The van der Waals surface area contributed by atoms with Crippen LogP contribution < -0.4 is 4.90 Å². The molecule has 2 aliphatic rings. The molecule has 4 aromatic carbocycles. The van der Waals surface area contributed by atoms with Gasteiger partial charge in [-0.25, -0.2) is 0 Å². The Labute approximate surface area is 245 Å². The fraction of sp³-hybridized carbons (Fsp3) is 0.250. The van der Waals surface area contributed by atoms with Gasteiger partial charge in [0.1, 0.15) is 0 Å². The van der Waals surface area contributed by atoms with E-state index < -0.39 is 0 Å². The van der Waals surface area contributed by atoms with E-state index >= 15 is 0 Å². The van der Waals surface area contributed by atoms with Crippen molar-refractivity contribution < 1.29 is 0 Å². The van der Waals surface area contributed by atoms with Gasteiger partial charge in [0.2, 0.25) is 0 Å². The third kappa shape index (κ3) is 4.30. The van der Waals surface area contributed by atoms with Crippen LogP contribution in [0, 0.1) is 0 Å². The van der Waals surface area contributed by atoms with Gasteiger partial charge in [-0.3, -0.25) is 0 Å². The molecule has 4 aromatic rings. The van der Waals surface area contributed by atoms with E-state index in [1.807, 2.05) is 6.92 Å². The summed E-state index contributed by atoms with van der Waals surface area (Å²) in [4.78, 5) is 2.63. The molecule has 6 rings (SSSR count). The first kappa shape index (κ1) is 27.1. The monoisotopic (exact) mass is 535 g/mol. The molecule has 0 radical (unpaired) electrons. The summed E-state index contributed by atoms with van der Waals surface area (Å²) in [6.45, 7) is 13.7. The number of nitrogens with zero attached hydrogens (tertiary/aromatic N) is 1. The number of hydrogen-bond acceptors (Lipinski definition) is 1. The van der Waals surface area contributed by atoms with Crippen LogP contribution >= 0.6 is 0 Å². The van der Waals surface area contributed by atoms with Crippen LogP contribution in [0.3, 0.4) is 0 Å². The molecule has 1 fully saturated rings. The van der Waals surface area contributed by atoms with E-state index in [0.717, 1.165) is 12.0 Å². The number of hydrogen-bond donors (Lipinski definition) is 0. The zero-order chi connectivity index (χ0) is 28.6. The molecule has 206 valence electrons. The number of anilines is 1. The summed E-state index contributed by atoms with van der Waals surface area (Å²) in [7, 11) is 0. The molecule has 41 heavy (non-hydrogen) atoms. The van der Waals surface area contributed by atoms with Crippen LogP contribution in [0.25, 0.3) is 32.7 Å². The Morgan fingerprint density at radius 2 is 1.44 bits per heavy atom. The lowest BCUT2D eigenvalue weighted by molar-refractivity contribution is 0.191. The van der Waals surface area contributed by atoms with E-state index in [-0.39, 0.29) is 11.0 Å². The van der Waals surface area contributed by atoms with Gasteiger partial charge >= 0.3 is 0 Å². The van der Waals surface area contributed by atoms with E-state index in [1.54, 1.807) is 0 Å². The molecule has 0 amide bonds. The standard InChI is InChI=1S/C40H41N/c1-6-8-10-17-29(3)36(22-9-7-2)41-37-24-23-32(28-35(37)39(4)25-15-16-26-40(39,41)5)38-33-20-13-11-18-30(33)27-31-19-12-14-21-34(31)38/h6-14,17-24,27-28H,3,15-16,25-26H2,1-2,4-5H3/b8-6-,9-7-,17-10-,36-22+. The van der Waals surface area contributed by atoms with E-state index in [9.17, 15) is 0 Å². The minimum Gasteiger partial charge on any atom is -0.334 e. The van der Waals surface area contributed by atoms with Gasteiger partial charge in [0, 0.05) is 16.8 Å². The van der Waals surface area contributed by atoms with Crippen LogP contribution in [0.1, 0.15) is 58.9 Å². The summed E-state index contributed by atoms with van der Waals surface area (Å²) in [5, 5.41) is 5.21. The van der Waals surface area contributed by atoms with Crippen LogP contribution in [0.2, 0.25) is 0 Å². The highest BCUT2D eigenvalue weighted by Crippen LogP contribution is 2.60. The van der Waals surface area contributed by atoms with E-state index in [0.29, 0.717) is 0 Å². The molecule has 0 saturated heterocycles. The highest BCUT2D eigenvalue weighted by molar-refractivity contribution is 6.12. The van der Waals surface area contributed by atoms with Crippen molar-refractivity contribution >= 4 is 27.2 Å². The molecule has 2 unspecified atom stereocenters. The molecule has 1 heterocycles. The Bertz CT molecular complexity index is 1710. The predicted molar refractivity (Wildman–Crippen MR) is 180 cm³/mol. The Hall–Kier alpha value is -4.10. The number of benzene rings is 4. The number of allylic oxidation sites excluding steroid dienone is 7. The van der Waals surface area contributed by atoms with Gasteiger partial charge in [0.25, 0.3) is 0 Å². The van der Waals surface area contributed by atoms with E-state index in [2.05, 4.69) is 148 Å². The Morgan fingerprint density at radius 3 is 2.12 bits per heavy atom. The molecule has 1 aliphatic heterocycles. The average molecular weight is 536 g/mol. The van der Waals surface area contributed by atoms with Crippen molar-refractivity contribution in [2.24, 2.45) is 0 Å². The quantitative estimate of drug-likeness (QED) is 0.175. The van der Waals surface area contributed by atoms with Crippen molar-refractivity contribution in [1.82, 2.24) is 0 Å². The minimum atomic E-state index is -0.0438. The highest BCUT2D eigenvalue weighted by Gasteiger charge is 2.58. The summed E-state index contributed by atoms with van der Waals surface area (Å²) in [5.41, 5.74) is 7.63. The van der Waals surface area contributed by atoms with Crippen molar-refractivity contribution in [2.75, 3.05) is 4.90 Å². The normalized spacial score (nSPS) is 22.8.